The predicted octanol–water partition coefficient (Wildman–Crippen LogP) is 5.06. The number of carbonyl (C=O) groups is 1. The van der Waals surface area contributed by atoms with Crippen LogP contribution in [0, 0.1) is 0 Å². The van der Waals surface area contributed by atoms with Gasteiger partial charge in [-0.15, -0.1) is 0 Å². The fourth-order valence-corrected chi connectivity index (χ4v) is 5.02. The van der Waals surface area contributed by atoms with Crippen LogP contribution < -0.4 is 10.2 Å². The summed E-state index contributed by atoms with van der Waals surface area (Å²) in [6.45, 7) is 8.46. The van der Waals surface area contributed by atoms with Gasteiger partial charge in [-0.1, -0.05) is 30.7 Å². The molecule has 0 aromatic heterocycles. The first-order chi connectivity index (χ1) is 16.8. The number of hydrogen-bond donors (Lipinski definition) is 1. The molecule has 0 atom stereocenters. The van der Waals surface area contributed by atoms with Crippen molar-refractivity contribution >= 4 is 23.4 Å². The van der Waals surface area contributed by atoms with Crippen molar-refractivity contribution in [2.45, 2.75) is 57.2 Å². The Hall–Kier alpha value is -1.92. The van der Waals surface area contributed by atoms with E-state index in [2.05, 4.69) is 19.9 Å². The van der Waals surface area contributed by atoms with E-state index in [0.717, 1.165) is 42.3 Å². The van der Waals surface area contributed by atoms with E-state index in [1.165, 1.54) is 0 Å². The number of anilines is 1. The molecule has 2 saturated heterocycles. The molecule has 2 heterocycles. The number of carbonyl (C=O) groups excluding carboxylic acids is 1. The molecule has 1 aromatic carbocycles. The van der Waals surface area contributed by atoms with E-state index in [0.29, 0.717) is 31.0 Å². The van der Waals surface area contributed by atoms with Gasteiger partial charge in [0.2, 0.25) is 0 Å². The Kier molecular flexibility index (Phi) is 8.93. The number of benzene rings is 1. The van der Waals surface area contributed by atoms with Crippen molar-refractivity contribution in [3.05, 3.63) is 28.8 Å². The molecule has 2 aliphatic heterocycles. The van der Waals surface area contributed by atoms with Crippen LogP contribution in [-0.4, -0.2) is 85.7 Å². The van der Waals surface area contributed by atoms with Crippen LogP contribution in [0.4, 0.5) is 36.8 Å². The van der Waals surface area contributed by atoms with E-state index in [9.17, 15) is 31.1 Å². The summed E-state index contributed by atoms with van der Waals surface area (Å²) in [7, 11) is 0. The van der Waals surface area contributed by atoms with Crippen LogP contribution in [0.5, 0.6) is 0 Å². The summed E-state index contributed by atoms with van der Waals surface area (Å²) in [4.78, 5) is 17.4. The summed E-state index contributed by atoms with van der Waals surface area (Å²) in [5, 5.41) is 3.96. The maximum atomic E-state index is 12.8. The van der Waals surface area contributed by atoms with E-state index < -0.39 is 30.1 Å². The molecule has 0 saturated carbocycles. The highest BCUT2D eigenvalue weighted by atomic mass is 35.5. The lowest BCUT2D eigenvalue weighted by molar-refractivity contribution is -0.308. The van der Waals surface area contributed by atoms with Gasteiger partial charge in [-0.3, -0.25) is 4.90 Å². The van der Waals surface area contributed by atoms with E-state index in [1.54, 1.807) is 0 Å². The van der Waals surface area contributed by atoms with Crippen LogP contribution in [-0.2, 0) is 11.3 Å². The monoisotopic (exact) mass is 544 g/mol. The first-order valence-corrected chi connectivity index (χ1v) is 12.2. The highest BCUT2D eigenvalue weighted by Gasteiger charge is 2.60. The zero-order chi connectivity index (χ0) is 26.7. The van der Waals surface area contributed by atoms with Crippen molar-refractivity contribution in [2.75, 3.05) is 50.7 Å². The maximum absolute atomic E-state index is 12.8. The van der Waals surface area contributed by atoms with Gasteiger partial charge in [0, 0.05) is 51.4 Å². The van der Waals surface area contributed by atoms with Crippen molar-refractivity contribution in [3.63, 3.8) is 0 Å². The maximum Gasteiger partial charge on any atom is 0.434 e. The van der Waals surface area contributed by atoms with Crippen LogP contribution >= 0.6 is 11.6 Å². The number of hydrogen-bond acceptors (Lipinski definition) is 5. The van der Waals surface area contributed by atoms with Gasteiger partial charge in [0.05, 0.1) is 10.7 Å². The number of amides is 1. The average molecular weight is 545 g/mol. The molecule has 1 amide bonds. The smallest absolute Gasteiger partial charge is 0.426 e. The third kappa shape index (κ3) is 6.69. The summed E-state index contributed by atoms with van der Waals surface area (Å²) in [6, 6.07) is 5.88. The molecular formula is C23H31ClF6N4O2. The molecule has 1 N–H and O–H groups in total. The van der Waals surface area contributed by atoms with Gasteiger partial charge in [-0.05, 0) is 37.9 Å². The Morgan fingerprint density at radius 3 is 2.22 bits per heavy atom. The van der Waals surface area contributed by atoms with Gasteiger partial charge in [0.25, 0.3) is 6.10 Å². The largest absolute Gasteiger partial charge is 0.434 e. The van der Waals surface area contributed by atoms with E-state index >= 15 is 0 Å². The SMILES string of the molecule is CCN(Cc1cccc(N2CCNCC2)c1Cl)C1(C)CCN(C(=O)OC(C(F)(F)F)C(F)(F)F)CC1. The second kappa shape index (κ2) is 11.2. The first-order valence-electron chi connectivity index (χ1n) is 11.8. The average Bonchev–Trinajstić information content (AvgIpc) is 2.81. The summed E-state index contributed by atoms with van der Waals surface area (Å²) >= 11 is 6.77. The lowest BCUT2D eigenvalue weighted by Crippen LogP contribution is -2.55. The summed E-state index contributed by atoms with van der Waals surface area (Å²) in [5.41, 5.74) is 1.45. The van der Waals surface area contributed by atoms with E-state index in [4.69, 9.17) is 11.6 Å². The van der Waals surface area contributed by atoms with Gasteiger partial charge in [-0.25, -0.2) is 4.79 Å². The number of likely N-dealkylation sites (tertiary alicyclic amines) is 1. The zero-order valence-electron chi connectivity index (χ0n) is 20.2. The molecule has 0 spiro atoms. The van der Waals surface area contributed by atoms with Gasteiger partial charge in [0.15, 0.2) is 0 Å². The van der Waals surface area contributed by atoms with Gasteiger partial charge in [-0.2, -0.15) is 26.3 Å². The van der Waals surface area contributed by atoms with Crippen molar-refractivity contribution < 1.29 is 35.9 Å². The number of alkyl halides is 6. The number of piperazine rings is 1. The molecule has 3 rings (SSSR count). The van der Waals surface area contributed by atoms with E-state index in [1.807, 2.05) is 32.0 Å². The quantitative estimate of drug-likeness (QED) is 0.508. The van der Waals surface area contributed by atoms with Crippen LogP contribution in [0.3, 0.4) is 0 Å². The lowest BCUT2D eigenvalue weighted by atomic mass is 9.87. The Morgan fingerprint density at radius 1 is 1.11 bits per heavy atom. The van der Waals surface area contributed by atoms with Crippen molar-refractivity contribution in [3.8, 4) is 0 Å². The molecule has 0 unspecified atom stereocenters. The molecule has 36 heavy (non-hydrogen) atoms. The number of piperidine rings is 1. The van der Waals surface area contributed by atoms with Gasteiger partial charge >= 0.3 is 18.4 Å². The Labute approximate surface area is 211 Å². The minimum Gasteiger partial charge on any atom is -0.426 e. The minimum absolute atomic E-state index is 0.0250. The van der Waals surface area contributed by atoms with Crippen LogP contribution in [0.2, 0.25) is 5.02 Å². The molecule has 13 heteroatoms. The number of ether oxygens (including phenoxy) is 1. The van der Waals surface area contributed by atoms with Crippen LogP contribution in [0.15, 0.2) is 18.2 Å². The highest BCUT2D eigenvalue weighted by Crippen LogP contribution is 2.38. The van der Waals surface area contributed by atoms with Gasteiger partial charge in [0.1, 0.15) is 0 Å². The zero-order valence-corrected chi connectivity index (χ0v) is 20.9. The lowest BCUT2D eigenvalue weighted by Gasteiger charge is -2.46. The molecule has 0 bridgehead atoms. The van der Waals surface area contributed by atoms with Crippen molar-refractivity contribution in [2.24, 2.45) is 0 Å². The second-order valence-electron chi connectivity index (χ2n) is 9.33. The number of rotatable bonds is 6. The summed E-state index contributed by atoms with van der Waals surface area (Å²) in [6.07, 6.45) is -16.5. The van der Waals surface area contributed by atoms with Crippen LogP contribution in [0.1, 0.15) is 32.3 Å². The van der Waals surface area contributed by atoms with Crippen molar-refractivity contribution in [1.82, 2.24) is 15.1 Å². The third-order valence-electron chi connectivity index (χ3n) is 6.93. The molecule has 6 nitrogen and oxygen atoms in total. The predicted molar refractivity (Wildman–Crippen MR) is 124 cm³/mol. The molecule has 2 fully saturated rings. The Morgan fingerprint density at radius 2 is 1.69 bits per heavy atom. The molecule has 2 aliphatic rings. The second-order valence-corrected chi connectivity index (χ2v) is 9.71. The Balaban J connectivity index is 1.66. The minimum atomic E-state index is -5.74. The topological polar surface area (TPSA) is 48.0 Å². The summed E-state index contributed by atoms with van der Waals surface area (Å²) < 4.78 is 80.4. The third-order valence-corrected chi connectivity index (χ3v) is 7.37. The van der Waals surface area contributed by atoms with Crippen LogP contribution in [0.25, 0.3) is 0 Å². The normalized spacial score (nSPS) is 19.2. The number of halogens is 7. The molecular weight excluding hydrogens is 514 g/mol. The summed E-state index contributed by atoms with van der Waals surface area (Å²) in [5.74, 6) is 0. The fraction of sp³-hybridized carbons (Fsp3) is 0.696. The molecule has 0 aliphatic carbocycles. The molecule has 1 aromatic rings. The first kappa shape index (κ1) is 28.6. The number of nitrogens with one attached hydrogen (secondary N) is 1. The van der Waals surface area contributed by atoms with E-state index in [-0.39, 0.29) is 13.1 Å². The van der Waals surface area contributed by atoms with Gasteiger partial charge < -0.3 is 19.9 Å². The standard InChI is InChI=1S/C23H31ClF6N4O2/c1-3-34(15-16-5-4-6-17(18(16)24)32-13-9-31-10-14-32)21(2)7-11-33(12-8-21)20(35)36-19(22(25,26)27)23(28,29)30/h4-6,19,31H,3,7-15H2,1-2H3. The molecule has 0 radical (unpaired) electrons. The fourth-order valence-electron chi connectivity index (χ4n) is 4.71. The van der Waals surface area contributed by atoms with Crippen molar-refractivity contribution in [1.29, 1.82) is 0 Å². The highest BCUT2D eigenvalue weighted by molar-refractivity contribution is 6.34. The Bertz CT molecular complexity index is 886. The molecule has 204 valence electrons. The number of nitrogens with zero attached hydrogens (tertiary/aromatic N) is 3.